The van der Waals surface area contributed by atoms with Crippen LogP contribution in [0.25, 0.3) is 0 Å². The number of benzene rings is 3. The fraction of sp³-hybridized carbons (Fsp3) is 0.0952. The summed E-state index contributed by atoms with van der Waals surface area (Å²) in [5.41, 5.74) is 4.05. The van der Waals surface area contributed by atoms with E-state index in [-0.39, 0.29) is 0 Å². The third kappa shape index (κ3) is 4.85. The van der Waals surface area contributed by atoms with Gasteiger partial charge in [-0.2, -0.15) is 0 Å². The molecule has 0 amide bonds. The van der Waals surface area contributed by atoms with Crippen LogP contribution in [0.15, 0.2) is 72.8 Å². The van der Waals surface area contributed by atoms with Crippen LogP contribution in [-0.4, -0.2) is 6.29 Å². The van der Waals surface area contributed by atoms with Gasteiger partial charge in [0, 0.05) is 34.4 Å². The van der Waals surface area contributed by atoms with Crippen molar-refractivity contribution in [2.24, 2.45) is 0 Å². The van der Waals surface area contributed by atoms with Crippen LogP contribution < -0.4 is 4.90 Å². The number of aldehydes is 1. The highest BCUT2D eigenvalue weighted by molar-refractivity contribution is 6.30. The monoisotopic (exact) mass is 369 g/mol. The van der Waals surface area contributed by atoms with Gasteiger partial charge in [-0.25, -0.2) is 0 Å². The molecular formula is C21H17Cl2NO. The zero-order chi connectivity index (χ0) is 17.6. The van der Waals surface area contributed by atoms with E-state index >= 15 is 0 Å². The summed E-state index contributed by atoms with van der Waals surface area (Å²) < 4.78 is 0. The number of halogens is 2. The first-order chi connectivity index (χ1) is 12.1. The molecule has 3 aromatic carbocycles. The molecule has 0 atom stereocenters. The van der Waals surface area contributed by atoms with Gasteiger partial charge in [-0.1, -0.05) is 47.5 Å². The average molecular weight is 370 g/mol. The molecular weight excluding hydrogens is 353 g/mol. The predicted octanol–water partition coefficient (Wildman–Crippen LogP) is 6.01. The fourth-order valence-corrected chi connectivity index (χ4v) is 2.87. The second-order valence-electron chi connectivity index (χ2n) is 5.82. The maximum atomic E-state index is 10.9. The SMILES string of the molecule is O=Cc1ccc(N(Cc2ccc(Cl)cc2)Cc2ccc(Cl)cc2)cc1. The Balaban J connectivity index is 1.87. The van der Waals surface area contributed by atoms with Crippen LogP contribution in [0.3, 0.4) is 0 Å². The zero-order valence-corrected chi connectivity index (χ0v) is 15.0. The molecule has 3 aromatic rings. The van der Waals surface area contributed by atoms with Crippen LogP contribution in [0.5, 0.6) is 0 Å². The molecule has 0 aliphatic heterocycles. The molecule has 0 radical (unpaired) electrons. The predicted molar refractivity (Wildman–Crippen MR) is 105 cm³/mol. The maximum absolute atomic E-state index is 10.9. The average Bonchev–Trinajstić information content (AvgIpc) is 2.65. The van der Waals surface area contributed by atoms with Gasteiger partial charge in [-0.15, -0.1) is 0 Å². The van der Waals surface area contributed by atoms with Gasteiger partial charge in [0.15, 0.2) is 0 Å². The van der Waals surface area contributed by atoms with E-state index in [0.717, 1.165) is 46.2 Å². The molecule has 0 heterocycles. The van der Waals surface area contributed by atoms with Crippen molar-refractivity contribution in [1.82, 2.24) is 0 Å². The summed E-state index contributed by atoms with van der Waals surface area (Å²) >= 11 is 12.0. The van der Waals surface area contributed by atoms with Crippen LogP contribution in [0.1, 0.15) is 21.5 Å². The van der Waals surface area contributed by atoms with E-state index in [1.807, 2.05) is 72.8 Å². The van der Waals surface area contributed by atoms with Crippen molar-refractivity contribution >= 4 is 35.2 Å². The summed E-state index contributed by atoms with van der Waals surface area (Å²) in [5.74, 6) is 0. The highest BCUT2D eigenvalue weighted by atomic mass is 35.5. The lowest BCUT2D eigenvalue weighted by Gasteiger charge is -2.25. The molecule has 0 bridgehead atoms. The Labute approximate surface area is 157 Å². The van der Waals surface area contributed by atoms with Crippen molar-refractivity contribution < 1.29 is 4.79 Å². The van der Waals surface area contributed by atoms with E-state index in [2.05, 4.69) is 4.90 Å². The molecule has 0 unspecified atom stereocenters. The lowest BCUT2D eigenvalue weighted by atomic mass is 10.1. The Morgan fingerprint density at radius 1 is 0.680 bits per heavy atom. The molecule has 126 valence electrons. The summed E-state index contributed by atoms with van der Waals surface area (Å²) in [6.45, 7) is 1.47. The second kappa shape index (κ2) is 8.19. The normalized spacial score (nSPS) is 10.5. The first kappa shape index (κ1) is 17.5. The van der Waals surface area contributed by atoms with Gasteiger partial charge in [-0.3, -0.25) is 4.79 Å². The molecule has 0 fully saturated rings. The van der Waals surface area contributed by atoms with Crippen molar-refractivity contribution in [1.29, 1.82) is 0 Å². The molecule has 0 aliphatic carbocycles. The largest absolute Gasteiger partial charge is 0.363 e. The van der Waals surface area contributed by atoms with Crippen molar-refractivity contribution in [2.45, 2.75) is 13.1 Å². The van der Waals surface area contributed by atoms with Crippen molar-refractivity contribution in [3.8, 4) is 0 Å². The number of rotatable bonds is 6. The van der Waals surface area contributed by atoms with Crippen LogP contribution in [0.4, 0.5) is 5.69 Å². The summed E-state index contributed by atoms with van der Waals surface area (Å²) in [4.78, 5) is 13.1. The molecule has 0 spiro atoms. The van der Waals surface area contributed by atoms with Crippen molar-refractivity contribution in [2.75, 3.05) is 4.90 Å². The molecule has 4 heteroatoms. The highest BCUT2D eigenvalue weighted by Gasteiger charge is 2.09. The molecule has 0 N–H and O–H groups in total. The van der Waals surface area contributed by atoms with E-state index < -0.39 is 0 Å². The first-order valence-corrected chi connectivity index (χ1v) is 8.69. The summed E-state index contributed by atoms with van der Waals surface area (Å²) in [7, 11) is 0. The Hall–Kier alpha value is -2.29. The highest BCUT2D eigenvalue weighted by Crippen LogP contribution is 2.22. The number of hydrogen-bond donors (Lipinski definition) is 0. The molecule has 0 saturated heterocycles. The van der Waals surface area contributed by atoms with Crippen LogP contribution in [0.2, 0.25) is 10.0 Å². The van der Waals surface area contributed by atoms with Gasteiger partial charge in [0.2, 0.25) is 0 Å². The third-order valence-electron chi connectivity index (χ3n) is 3.97. The van der Waals surface area contributed by atoms with Crippen molar-refractivity contribution in [3.05, 3.63) is 99.5 Å². The Bertz CT molecular complexity index is 780. The standard InChI is InChI=1S/C21H17Cl2NO/c22-19-7-1-16(2-8-19)13-24(14-17-3-9-20(23)10-4-17)21-11-5-18(15-25)6-12-21/h1-12,15H,13-14H2. The van der Waals surface area contributed by atoms with Crippen LogP contribution in [0, 0.1) is 0 Å². The van der Waals surface area contributed by atoms with E-state index in [0.29, 0.717) is 5.56 Å². The van der Waals surface area contributed by atoms with Gasteiger partial charge in [0.1, 0.15) is 6.29 Å². The number of anilines is 1. The summed E-state index contributed by atoms with van der Waals surface area (Å²) in [6.07, 6.45) is 0.854. The number of carbonyl (C=O) groups is 1. The molecule has 3 rings (SSSR count). The van der Waals surface area contributed by atoms with Gasteiger partial charge >= 0.3 is 0 Å². The Kier molecular flexibility index (Phi) is 5.75. The van der Waals surface area contributed by atoms with Crippen LogP contribution >= 0.6 is 23.2 Å². The minimum Gasteiger partial charge on any atom is -0.363 e. The molecule has 0 aromatic heterocycles. The minimum atomic E-state index is 0.668. The first-order valence-electron chi connectivity index (χ1n) is 7.93. The van der Waals surface area contributed by atoms with Gasteiger partial charge in [0.05, 0.1) is 0 Å². The van der Waals surface area contributed by atoms with E-state index in [1.54, 1.807) is 0 Å². The molecule has 0 saturated carbocycles. The summed E-state index contributed by atoms with van der Waals surface area (Å²) in [5, 5.41) is 1.45. The van der Waals surface area contributed by atoms with E-state index in [9.17, 15) is 4.79 Å². The second-order valence-corrected chi connectivity index (χ2v) is 6.69. The van der Waals surface area contributed by atoms with Crippen molar-refractivity contribution in [3.63, 3.8) is 0 Å². The minimum absolute atomic E-state index is 0.668. The number of carbonyl (C=O) groups excluding carboxylic acids is 1. The Morgan fingerprint density at radius 2 is 1.12 bits per heavy atom. The Morgan fingerprint density at radius 3 is 1.52 bits per heavy atom. The van der Waals surface area contributed by atoms with Gasteiger partial charge in [0.25, 0.3) is 0 Å². The lowest BCUT2D eigenvalue weighted by molar-refractivity contribution is 0.112. The van der Waals surface area contributed by atoms with Crippen LogP contribution in [-0.2, 0) is 13.1 Å². The van der Waals surface area contributed by atoms with Gasteiger partial charge in [-0.05, 0) is 59.7 Å². The maximum Gasteiger partial charge on any atom is 0.150 e. The van der Waals surface area contributed by atoms with Gasteiger partial charge < -0.3 is 4.90 Å². The fourth-order valence-electron chi connectivity index (χ4n) is 2.62. The van der Waals surface area contributed by atoms with E-state index in [1.165, 1.54) is 0 Å². The molecule has 25 heavy (non-hydrogen) atoms. The molecule has 2 nitrogen and oxygen atoms in total. The lowest BCUT2D eigenvalue weighted by Crippen LogP contribution is -2.22. The zero-order valence-electron chi connectivity index (χ0n) is 13.5. The number of nitrogens with zero attached hydrogens (tertiary/aromatic N) is 1. The van der Waals surface area contributed by atoms with E-state index in [4.69, 9.17) is 23.2 Å². The quantitative estimate of drug-likeness (QED) is 0.495. The third-order valence-corrected chi connectivity index (χ3v) is 4.47. The molecule has 0 aliphatic rings. The topological polar surface area (TPSA) is 20.3 Å². The smallest absolute Gasteiger partial charge is 0.150 e. The summed E-state index contributed by atoms with van der Waals surface area (Å²) in [6, 6.07) is 23.3. The number of hydrogen-bond acceptors (Lipinski definition) is 2.